The molecule has 0 spiro atoms. The number of primary amides is 1. The minimum Gasteiger partial charge on any atom is -0.350 e. The summed E-state index contributed by atoms with van der Waals surface area (Å²) in [5.41, 5.74) is 4.64. The summed E-state index contributed by atoms with van der Waals surface area (Å²) in [6, 6.07) is -0.623. The van der Waals surface area contributed by atoms with Gasteiger partial charge in [-0.05, 0) is 6.42 Å². The van der Waals surface area contributed by atoms with Crippen LogP contribution in [0, 0.1) is 0 Å². The number of nitrogens with two attached hydrogens (primary N) is 1. The summed E-state index contributed by atoms with van der Waals surface area (Å²) in [6.45, 7) is 1.88. The second-order valence-corrected chi connectivity index (χ2v) is 1.06. The lowest BCUT2D eigenvalue weighted by Gasteiger charge is -1.75. The summed E-state index contributed by atoms with van der Waals surface area (Å²) < 4.78 is 0. The number of amides is 2. The Bertz CT molecular complexity index is 87.7. The summed E-state index contributed by atoms with van der Waals surface area (Å²) in [5.74, 6) is 0. The first-order chi connectivity index (χ1) is 3.27. The molecule has 0 aliphatic rings. The summed E-state index contributed by atoms with van der Waals surface area (Å²) in [7, 11) is 0. The molecule has 0 fully saturated rings. The molecule has 2 amide bonds. The van der Waals surface area contributed by atoms with E-state index in [9.17, 15) is 4.79 Å². The molecule has 0 bridgehead atoms. The van der Waals surface area contributed by atoms with E-state index in [1.807, 2.05) is 6.92 Å². The van der Waals surface area contributed by atoms with Crippen molar-refractivity contribution in [3.8, 4) is 0 Å². The van der Waals surface area contributed by atoms with E-state index in [2.05, 4.69) is 10.7 Å². The maximum atomic E-state index is 9.78. The van der Waals surface area contributed by atoms with Crippen molar-refractivity contribution in [2.75, 3.05) is 0 Å². The Morgan fingerprint density at radius 3 is 2.71 bits per heavy atom. The van der Waals surface area contributed by atoms with Crippen LogP contribution in [0.25, 0.3) is 0 Å². The van der Waals surface area contributed by atoms with Gasteiger partial charge in [-0.2, -0.15) is 0 Å². The van der Waals surface area contributed by atoms with E-state index in [0.29, 0.717) is 0 Å². The highest BCUT2D eigenvalue weighted by Crippen LogP contribution is 1.67. The third kappa shape index (κ3) is 5.14. The highest BCUT2D eigenvalue weighted by atomic mass is 16.2. The molecule has 3 heteroatoms. The first-order valence-corrected chi connectivity index (χ1v) is 2.09. The molecule has 0 atom stereocenters. The van der Waals surface area contributed by atoms with Crippen molar-refractivity contribution >= 4 is 12.2 Å². The predicted molar refractivity (Wildman–Crippen MR) is 28.4 cm³/mol. The molecule has 3 nitrogen and oxygen atoms in total. The second-order valence-electron chi connectivity index (χ2n) is 1.06. The lowest BCUT2D eigenvalue weighted by molar-refractivity contribution is 0.257. The average molecular weight is 100 g/mol. The maximum Gasteiger partial charge on any atom is 0.337 e. The van der Waals surface area contributed by atoms with E-state index in [4.69, 9.17) is 0 Å². The summed E-state index contributed by atoms with van der Waals surface area (Å²) >= 11 is 0. The van der Waals surface area contributed by atoms with Crippen molar-refractivity contribution in [2.24, 2.45) is 10.7 Å². The van der Waals surface area contributed by atoms with Gasteiger partial charge >= 0.3 is 6.03 Å². The molecule has 0 rings (SSSR count). The number of urea groups is 1. The fourth-order valence-electron chi connectivity index (χ4n) is 0.181. The Labute approximate surface area is 42.2 Å². The fraction of sp³-hybridized carbons (Fsp3) is 0.500. The highest BCUT2D eigenvalue weighted by Gasteiger charge is 1.76. The van der Waals surface area contributed by atoms with Crippen LogP contribution in [-0.2, 0) is 0 Å². The number of hydrogen-bond donors (Lipinski definition) is 1. The molecule has 40 valence electrons. The van der Waals surface area contributed by atoms with Crippen molar-refractivity contribution in [3.63, 3.8) is 0 Å². The SMILES string of the molecule is CCC=NC(N)=O. The van der Waals surface area contributed by atoms with Crippen LogP contribution in [0.1, 0.15) is 13.3 Å². The average Bonchev–Trinajstić information content (AvgIpc) is 1.61. The van der Waals surface area contributed by atoms with Gasteiger partial charge in [0.15, 0.2) is 0 Å². The zero-order valence-electron chi connectivity index (χ0n) is 4.22. The molecule has 0 aromatic carbocycles. The second kappa shape index (κ2) is 3.33. The van der Waals surface area contributed by atoms with Gasteiger partial charge in [0.05, 0.1) is 0 Å². The Morgan fingerprint density at radius 1 is 2.00 bits per heavy atom. The van der Waals surface area contributed by atoms with Crippen LogP contribution in [0.3, 0.4) is 0 Å². The molecule has 2 N–H and O–H groups in total. The molecule has 0 aromatic heterocycles. The van der Waals surface area contributed by atoms with Gasteiger partial charge in [0.1, 0.15) is 0 Å². The number of nitrogens with zero attached hydrogens (tertiary/aromatic N) is 1. The maximum absolute atomic E-state index is 9.78. The van der Waals surface area contributed by atoms with Crippen molar-refractivity contribution < 1.29 is 4.79 Å². The number of aliphatic imine (C=N–C) groups is 1. The lowest BCUT2D eigenvalue weighted by Crippen LogP contribution is -2.03. The molecule has 0 saturated carbocycles. The third-order valence-electron chi connectivity index (χ3n) is 0.401. The first-order valence-electron chi connectivity index (χ1n) is 2.09. The van der Waals surface area contributed by atoms with Gasteiger partial charge in [-0.25, -0.2) is 9.79 Å². The molecule has 0 aliphatic carbocycles. The van der Waals surface area contributed by atoms with Crippen LogP contribution < -0.4 is 5.73 Å². The van der Waals surface area contributed by atoms with E-state index in [0.717, 1.165) is 6.42 Å². The number of carbonyl (C=O) groups excluding carboxylic acids is 1. The Morgan fingerprint density at radius 2 is 2.57 bits per heavy atom. The molecular weight excluding hydrogens is 92.1 g/mol. The van der Waals surface area contributed by atoms with E-state index in [1.165, 1.54) is 6.21 Å². The van der Waals surface area contributed by atoms with Crippen molar-refractivity contribution in [1.82, 2.24) is 0 Å². The van der Waals surface area contributed by atoms with Crippen molar-refractivity contribution in [2.45, 2.75) is 13.3 Å². The van der Waals surface area contributed by atoms with Gasteiger partial charge in [-0.3, -0.25) is 0 Å². The molecule has 0 saturated heterocycles. The van der Waals surface area contributed by atoms with Crippen molar-refractivity contribution in [1.29, 1.82) is 0 Å². The lowest BCUT2D eigenvalue weighted by atomic mass is 10.5. The topological polar surface area (TPSA) is 55.4 Å². The fourth-order valence-corrected chi connectivity index (χ4v) is 0.181. The Kier molecular flexibility index (Phi) is 2.92. The van der Waals surface area contributed by atoms with Crippen LogP contribution in [0.15, 0.2) is 4.99 Å². The zero-order chi connectivity index (χ0) is 5.70. The smallest absolute Gasteiger partial charge is 0.337 e. The van der Waals surface area contributed by atoms with E-state index >= 15 is 0 Å². The number of hydrogen-bond acceptors (Lipinski definition) is 1. The predicted octanol–water partition coefficient (Wildman–Crippen LogP) is 0.546. The molecule has 0 radical (unpaired) electrons. The van der Waals surface area contributed by atoms with Crippen LogP contribution >= 0.6 is 0 Å². The van der Waals surface area contributed by atoms with Gasteiger partial charge < -0.3 is 5.73 Å². The van der Waals surface area contributed by atoms with Crippen molar-refractivity contribution in [3.05, 3.63) is 0 Å². The first kappa shape index (κ1) is 6.14. The van der Waals surface area contributed by atoms with Gasteiger partial charge in [0, 0.05) is 6.21 Å². The summed E-state index contributed by atoms with van der Waals surface area (Å²) in [4.78, 5) is 13.0. The van der Waals surface area contributed by atoms with Gasteiger partial charge in [0.25, 0.3) is 0 Å². The van der Waals surface area contributed by atoms with Crippen LogP contribution in [0.4, 0.5) is 4.79 Å². The molecule has 0 unspecified atom stereocenters. The normalized spacial score (nSPS) is 9.86. The minimum atomic E-state index is -0.623. The molecule has 0 aliphatic heterocycles. The monoisotopic (exact) mass is 100 g/mol. The standard InChI is InChI=1S/C4H8N2O/c1-2-3-6-4(5)7/h3H,2H2,1H3,(H2,5,7). The quantitative estimate of drug-likeness (QED) is 0.480. The summed E-state index contributed by atoms with van der Waals surface area (Å²) in [6.07, 6.45) is 2.23. The number of rotatable bonds is 1. The van der Waals surface area contributed by atoms with Gasteiger partial charge in [-0.1, -0.05) is 6.92 Å². The molecule has 7 heavy (non-hydrogen) atoms. The van der Waals surface area contributed by atoms with Crippen LogP contribution in [-0.4, -0.2) is 12.2 Å². The van der Waals surface area contributed by atoms with Gasteiger partial charge in [-0.15, -0.1) is 0 Å². The highest BCUT2D eigenvalue weighted by molar-refractivity contribution is 5.81. The molecular formula is C4H8N2O. The molecule has 0 aromatic rings. The third-order valence-corrected chi connectivity index (χ3v) is 0.401. The largest absolute Gasteiger partial charge is 0.350 e. The zero-order valence-corrected chi connectivity index (χ0v) is 4.22. The Balaban J connectivity index is 3.26. The van der Waals surface area contributed by atoms with E-state index < -0.39 is 6.03 Å². The van der Waals surface area contributed by atoms with E-state index in [1.54, 1.807) is 0 Å². The number of carbonyl (C=O) groups is 1. The van der Waals surface area contributed by atoms with Gasteiger partial charge in [0.2, 0.25) is 0 Å². The summed E-state index contributed by atoms with van der Waals surface area (Å²) in [5, 5.41) is 0. The van der Waals surface area contributed by atoms with E-state index in [-0.39, 0.29) is 0 Å². The van der Waals surface area contributed by atoms with Crippen LogP contribution in [0.5, 0.6) is 0 Å². The molecule has 0 heterocycles. The van der Waals surface area contributed by atoms with Crippen LogP contribution in [0.2, 0.25) is 0 Å². The minimum absolute atomic E-state index is 0.623. The Hall–Kier alpha value is -0.860.